The molecule has 1 N–H and O–H groups in total. The lowest BCUT2D eigenvalue weighted by molar-refractivity contribution is 0.320. The van der Waals surface area contributed by atoms with Crippen molar-refractivity contribution in [1.29, 1.82) is 0 Å². The van der Waals surface area contributed by atoms with Crippen LogP contribution in [-0.2, 0) is 7.05 Å². The fraction of sp³-hybridized carbons (Fsp3) is 0.429. The number of aliphatic hydroxyl groups is 1. The van der Waals surface area contributed by atoms with Crippen molar-refractivity contribution in [1.82, 2.24) is 14.8 Å². The first kappa shape index (κ1) is 14.0. The number of aliphatic hydroxyl groups excluding tert-OH is 1. The third-order valence-corrected chi connectivity index (χ3v) is 3.55. The van der Waals surface area contributed by atoms with Crippen molar-refractivity contribution in [2.45, 2.75) is 20.8 Å². The molecule has 0 bridgehead atoms. The summed E-state index contributed by atoms with van der Waals surface area (Å²) in [4.78, 5) is 4.38. The van der Waals surface area contributed by atoms with Gasteiger partial charge in [0.05, 0.1) is 12.3 Å². The number of aromatic nitrogens is 3. The Bertz CT molecular complexity index is 644. The highest BCUT2D eigenvalue weighted by Gasteiger charge is 2.11. The van der Waals surface area contributed by atoms with Crippen LogP contribution < -0.4 is 0 Å². The molecule has 2 heterocycles. The third-order valence-electron chi connectivity index (χ3n) is 3.24. The van der Waals surface area contributed by atoms with E-state index in [2.05, 4.69) is 10.1 Å². The smallest absolute Gasteiger partial charge is 0.159 e. The molecule has 0 amide bonds. The molecule has 0 unspecified atom stereocenters. The zero-order valence-electron chi connectivity index (χ0n) is 11.6. The second kappa shape index (κ2) is 5.31. The Labute approximate surface area is 117 Å². The number of fused-ring (bicyclic) bond motifs is 1. The van der Waals surface area contributed by atoms with E-state index in [4.69, 9.17) is 11.6 Å². The van der Waals surface area contributed by atoms with Gasteiger partial charge >= 0.3 is 0 Å². The van der Waals surface area contributed by atoms with E-state index in [0.29, 0.717) is 5.15 Å². The fourth-order valence-corrected chi connectivity index (χ4v) is 2.22. The number of hydrogen-bond acceptors (Lipinski definition) is 3. The zero-order chi connectivity index (χ0) is 14.2. The van der Waals surface area contributed by atoms with Gasteiger partial charge in [0.15, 0.2) is 5.65 Å². The Kier molecular flexibility index (Phi) is 3.92. The molecule has 0 spiro atoms. The number of nitrogens with zero attached hydrogens (tertiary/aromatic N) is 3. The monoisotopic (exact) mass is 279 g/mol. The molecule has 2 aromatic heterocycles. The van der Waals surface area contributed by atoms with Crippen molar-refractivity contribution in [3.63, 3.8) is 0 Å². The summed E-state index contributed by atoms with van der Waals surface area (Å²) in [5, 5.41) is 15.1. The Morgan fingerprint density at radius 2 is 2.21 bits per heavy atom. The Morgan fingerprint density at radius 3 is 2.79 bits per heavy atom. The minimum atomic E-state index is 0.0258. The number of pyridine rings is 1. The van der Waals surface area contributed by atoms with Crippen molar-refractivity contribution in [3.8, 4) is 0 Å². The van der Waals surface area contributed by atoms with Gasteiger partial charge in [0.1, 0.15) is 5.15 Å². The summed E-state index contributed by atoms with van der Waals surface area (Å²) in [5.41, 5.74) is 3.45. The molecule has 0 saturated heterocycles. The van der Waals surface area contributed by atoms with Crippen LogP contribution in [0.5, 0.6) is 0 Å². The summed E-state index contributed by atoms with van der Waals surface area (Å²) in [6, 6.07) is 1.98. The van der Waals surface area contributed by atoms with Crippen molar-refractivity contribution in [2.75, 3.05) is 6.61 Å². The molecule has 5 heteroatoms. The van der Waals surface area contributed by atoms with Gasteiger partial charge in [-0.2, -0.15) is 5.10 Å². The van der Waals surface area contributed by atoms with Gasteiger partial charge in [0, 0.05) is 18.0 Å². The molecular formula is C14H18ClN3O. The molecule has 102 valence electrons. The minimum Gasteiger partial charge on any atom is -0.392 e. The van der Waals surface area contributed by atoms with E-state index in [1.807, 2.05) is 40.0 Å². The zero-order valence-corrected chi connectivity index (χ0v) is 12.4. The summed E-state index contributed by atoms with van der Waals surface area (Å²) < 4.78 is 1.72. The summed E-state index contributed by atoms with van der Waals surface area (Å²) >= 11 is 6.21. The van der Waals surface area contributed by atoms with E-state index in [-0.39, 0.29) is 12.5 Å². The van der Waals surface area contributed by atoms with Crippen LogP contribution in [0.2, 0.25) is 5.15 Å². The molecule has 0 aliphatic carbocycles. The SMILES string of the molecule is Cc1nn(C)c2nc(Cl)c(C=C(CO)C(C)C)cc12. The van der Waals surface area contributed by atoms with Crippen LogP contribution in [0, 0.1) is 12.8 Å². The highest BCUT2D eigenvalue weighted by molar-refractivity contribution is 6.31. The standard InChI is InChI=1S/C14H18ClN3O/c1-8(2)11(7-19)5-10-6-12-9(3)17-18(4)14(12)16-13(10)15/h5-6,8,19H,7H2,1-4H3. The maximum absolute atomic E-state index is 9.37. The van der Waals surface area contributed by atoms with Crippen LogP contribution in [0.1, 0.15) is 25.1 Å². The topological polar surface area (TPSA) is 50.9 Å². The number of aryl methyl sites for hydroxylation is 2. The summed E-state index contributed by atoms with van der Waals surface area (Å²) in [6.45, 7) is 6.05. The number of hydrogen-bond donors (Lipinski definition) is 1. The predicted molar refractivity (Wildman–Crippen MR) is 78.2 cm³/mol. The molecule has 0 saturated carbocycles. The molecule has 2 aromatic rings. The Balaban J connectivity index is 2.61. The van der Waals surface area contributed by atoms with Gasteiger partial charge in [0.2, 0.25) is 0 Å². The molecule has 0 aliphatic heterocycles. The summed E-state index contributed by atoms with van der Waals surface area (Å²) in [7, 11) is 1.85. The lowest BCUT2D eigenvalue weighted by Crippen LogP contribution is -1.99. The first-order valence-electron chi connectivity index (χ1n) is 6.25. The van der Waals surface area contributed by atoms with Gasteiger partial charge in [-0.1, -0.05) is 31.5 Å². The predicted octanol–water partition coefficient (Wildman–Crippen LogP) is 2.96. The Hall–Kier alpha value is -1.39. The molecular weight excluding hydrogens is 262 g/mol. The van der Waals surface area contributed by atoms with Gasteiger partial charge in [-0.25, -0.2) is 4.98 Å². The quantitative estimate of drug-likeness (QED) is 0.879. The fourth-order valence-electron chi connectivity index (χ4n) is 2.03. The molecule has 0 fully saturated rings. The van der Waals surface area contributed by atoms with E-state index in [0.717, 1.165) is 27.9 Å². The lowest BCUT2D eigenvalue weighted by Gasteiger charge is -2.08. The molecule has 0 radical (unpaired) electrons. The van der Waals surface area contributed by atoms with Crippen molar-refractivity contribution in [2.24, 2.45) is 13.0 Å². The van der Waals surface area contributed by atoms with Gasteiger partial charge in [-0.15, -0.1) is 0 Å². The van der Waals surface area contributed by atoms with E-state index in [1.165, 1.54) is 0 Å². The molecule has 2 rings (SSSR count). The van der Waals surface area contributed by atoms with Crippen LogP contribution in [0.4, 0.5) is 0 Å². The minimum absolute atomic E-state index is 0.0258. The molecule has 0 aliphatic rings. The van der Waals surface area contributed by atoms with Crippen LogP contribution in [0.25, 0.3) is 17.1 Å². The van der Waals surface area contributed by atoms with Crippen LogP contribution in [-0.4, -0.2) is 26.5 Å². The number of rotatable bonds is 3. The first-order chi connectivity index (χ1) is 8.93. The number of halogens is 1. The van der Waals surface area contributed by atoms with Crippen LogP contribution in [0.15, 0.2) is 11.6 Å². The average Bonchev–Trinajstić information content (AvgIpc) is 2.61. The van der Waals surface area contributed by atoms with Gasteiger partial charge in [-0.05, 0) is 24.5 Å². The van der Waals surface area contributed by atoms with Crippen LogP contribution in [0.3, 0.4) is 0 Å². The largest absolute Gasteiger partial charge is 0.392 e. The molecule has 19 heavy (non-hydrogen) atoms. The molecule has 0 atom stereocenters. The van der Waals surface area contributed by atoms with Gasteiger partial charge in [0.25, 0.3) is 0 Å². The van der Waals surface area contributed by atoms with E-state index >= 15 is 0 Å². The molecule has 0 aromatic carbocycles. The first-order valence-corrected chi connectivity index (χ1v) is 6.63. The highest BCUT2D eigenvalue weighted by atomic mass is 35.5. The van der Waals surface area contributed by atoms with E-state index in [9.17, 15) is 5.11 Å². The lowest BCUT2D eigenvalue weighted by atomic mass is 10.0. The average molecular weight is 280 g/mol. The highest BCUT2D eigenvalue weighted by Crippen LogP contribution is 2.25. The van der Waals surface area contributed by atoms with Crippen molar-refractivity contribution >= 4 is 28.7 Å². The van der Waals surface area contributed by atoms with Gasteiger partial charge in [-0.3, -0.25) is 4.68 Å². The van der Waals surface area contributed by atoms with Crippen molar-refractivity contribution in [3.05, 3.63) is 28.0 Å². The van der Waals surface area contributed by atoms with Gasteiger partial charge < -0.3 is 5.11 Å². The van der Waals surface area contributed by atoms with Crippen LogP contribution >= 0.6 is 11.6 Å². The van der Waals surface area contributed by atoms with Crippen molar-refractivity contribution < 1.29 is 5.11 Å². The van der Waals surface area contributed by atoms with E-state index < -0.39 is 0 Å². The summed E-state index contributed by atoms with van der Waals surface area (Å²) in [5.74, 6) is 0.270. The second-order valence-electron chi connectivity index (χ2n) is 4.98. The maximum atomic E-state index is 9.37. The second-order valence-corrected chi connectivity index (χ2v) is 5.34. The summed E-state index contributed by atoms with van der Waals surface area (Å²) in [6.07, 6.45) is 1.91. The normalized spacial score (nSPS) is 12.7. The maximum Gasteiger partial charge on any atom is 0.159 e. The third kappa shape index (κ3) is 2.65. The Morgan fingerprint density at radius 1 is 1.53 bits per heavy atom. The molecule has 4 nitrogen and oxygen atoms in total. The van der Waals surface area contributed by atoms with E-state index in [1.54, 1.807) is 4.68 Å².